The second-order valence-corrected chi connectivity index (χ2v) is 8.20. The van der Waals surface area contributed by atoms with Crippen molar-refractivity contribution in [3.8, 4) is 0 Å². The van der Waals surface area contributed by atoms with E-state index in [0.717, 1.165) is 10.5 Å². The maximum atomic E-state index is 12.4. The van der Waals surface area contributed by atoms with Crippen LogP contribution in [0.2, 0.25) is 0 Å². The van der Waals surface area contributed by atoms with Crippen LogP contribution in [0.15, 0.2) is 83.8 Å². The van der Waals surface area contributed by atoms with Crippen LogP contribution in [0.1, 0.15) is 12.5 Å². The molecular weight excluding hydrogens is 414 g/mol. The predicted molar refractivity (Wildman–Crippen MR) is 122 cm³/mol. The predicted octanol–water partition coefficient (Wildman–Crippen LogP) is 4.90. The van der Waals surface area contributed by atoms with Gasteiger partial charge in [-0.3, -0.25) is 19.7 Å². The van der Waals surface area contributed by atoms with Crippen molar-refractivity contribution in [1.29, 1.82) is 0 Å². The van der Waals surface area contributed by atoms with Crippen LogP contribution in [0.25, 0.3) is 0 Å². The topological polar surface area (TPSA) is 101 Å². The van der Waals surface area contributed by atoms with Gasteiger partial charge in [0.2, 0.25) is 11.8 Å². The van der Waals surface area contributed by atoms with Gasteiger partial charge >= 0.3 is 0 Å². The van der Waals surface area contributed by atoms with E-state index in [1.165, 1.54) is 36.0 Å². The van der Waals surface area contributed by atoms with Crippen LogP contribution in [0.5, 0.6) is 0 Å². The Morgan fingerprint density at radius 1 is 0.903 bits per heavy atom. The first-order chi connectivity index (χ1) is 14.9. The van der Waals surface area contributed by atoms with Crippen molar-refractivity contribution in [2.24, 2.45) is 0 Å². The number of thioether (sulfide) groups is 1. The smallest absolute Gasteiger partial charge is 0.269 e. The fourth-order valence-corrected chi connectivity index (χ4v) is 3.64. The van der Waals surface area contributed by atoms with Crippen molar-refractivity contribution in [3.63, 3.8) is 0 Å². The molecule has 0 heterocycles. The average Bonchev–Trinajstić information content (AvgIpc) is 2.76. The molecule has 0 aromatic heterocycles. The molecule has 0 saturated carbocycles. The van der Waals surface area contributed by atoms with Crippen LogP contribution in [-0.2, 0) is 16.0 Å². The van der Waals surface area contributed by atoms with E-state index in [1.807, 2.05) is 42.5 Å². The summed E-state index contributed by atoms with van der Waals surface area (Å²) in [7, 11) is 0. The van der Waals surface area contributed by atoms with Gasteiger partial charge in [0.25, 0.3) is 5.69 Å². The molecule has 31 heavy (non-hydrogen) atoms. The molecule has 8 heteroatoms. The van der Waals surface area contributed by atoms with E-state index in [1.54, 1.807) is 19.1 Å². The molecule has 3 aromatic carbocycles. The molecule has 0 aliphatic carbocycles. The quantitative estimate of drug-likeness (QED) is 0.298. The van der Waals surface area contributed by atoms with Crippen LogP contribution in [0.4, 0.5) is 17.1 Å². The molecule has 1 atom stereocenters. The van der Waals surface area contributed by atoms with Gasteiger partial charge in [0.05, 0.1) is 16.6 Å². The third-order valence-electron chi connectivity index (χ3n) is 4.37. The fraction of sp³-hybridized carbons (Fsp3) is 0.130. The van der Waals surface area contributed by atoms with E-state index in [0.29, 0.717) is 17.8 Å². The Bertz CT molecular complexity index is 1050. The number of carbonyl (C=O) groups is 2. The standard InChI is InChI=1S/C23H21N3O4S/c1-16(23(28)25-19-7-11-20(12-8-19)26(29)30)31-21-13-9-18(10-14-21)24-22(27)15-17-5-3-2-4-6-17/h2-14,16H,15H2,1H3,(H,24,27)(H,25,28). The maximum absolute atomic E-state index is 12.4. The summed E-state index contributed by atoms with van der Waals surface area (Å²) in [6, 6.07) is 22.5. The first kappa shape index (κ1) is 22.0. The molecule has 0 aliphatic heterocycles. The van der Waals surface area contributed by atoms with E-state index >= 15 is 0 Å². The lowest BCUT2D eigenvalue weighted by Gasteiger charge is -2.12. The highest BCUT2D eigenvalue weighted by Crippen LogP contribution is 2.26. The minimum Gasteiger partial charge on any atom is -0.326 e. The highest BCUT2D eigenvalue weighted by molar-refractivity contribution is 8.00. The Morgan fingerprint density at radius 3 is 2.10 bits per heavy atom. The van der Waals surface area contributed by atoms with Crippen molar-refractivity contribution in [3.05, 3.63) is 94.5 Å². The number of nitrogens with zero attached hydrogens (tertiary/aromatic N) is 1. The third-order valence-corrected chi connectivity index (χ3v) is 5.49. The Hall–Kier alpha value is -3.65. The van der Waals surface area contributed by atoms with Gasteiger partial charge in [-0.25, -0.2) is 0 Å². The molecule has 0 saturated heterocycles. The van der Waals surface area contributed by atoms with E-state index in [2.05, 4.69) is 10.6 Å². The molecule has 7 nitrogen and oxygen atoms in total. The van der Waals surface area contributed by atoms with E-state index in [9.17, 15) is 19.7 Å². The number of amides is 2. The minimum absolute atomic E-state index is 0.0311. The molecule has 3 aromatic rings. The summed E-state index contributed by atoms with van der Waals surface area (Å²) in [6.45, 7) is 1.78. The number of non-ortho nitro benzene ring substituents is 1. The molecule has 0 spiro atoms. The zero-order valence-electron chi connectivity index (χ0n) is 16.8. The minimum atomic E-state index is -0.488. The van der Waals surface area contributed by atoms with Gasteiger partial charge in [0, 0.05) is 28.4 Å². The number of benzene rings is 3. The van der Waals surface area contributed by atoms with Gasteiger partial charge in [0.1, 0.15) is 0 Å². The van der Waals surface area contributed by atoms with Crippen molar-refractivity contribution in [2.75, 3.05) is 10.6 Å². The number of nitro benzene ring substituents is 1. The zero-order chi connectivity index (χ0) is 22.2. The highest BCUT2D eigenvalue weighted by Gasteiger charge is 2.15. The largest absolute Gasteiger partial charge is 0.326 e. The number of hydrogen-bond acceptors (Lipinski definition) is 5. The van der Waals surface area contributed by atoms with Gasteiger partial charge < -0.3 is 10.6 Å². The van der Waals surface area contributed by atoms with Crippen molar-refractivity contribution < 1.29 is 14.5 Å². The number of nitrogens with one attached hydrogen (secondary N) is 2. The van der Waals surface area contributed by atoms with Crippen LogP contribution < -0.4 is 10.6 Å². The normalized spacial score (nSPS) is 11.4. The van der Waals surface area contributed by atoms with Gasteiger partial charge in [-0.1, -0.05) is 30.3 Å². The Morgan fingerprint density at radius 2 is 1.48 bits per heavy atom. The number of rotatable bonds is 8. The molecule has 2 N–H and O–H groups in total. The SMILES string of the molecule is CC(Sc1ccc(NC(=O)Cc2ccccc2)cc1)C(=O)Nc1ccc([N+](=O)[O-])cc1. The summed E-state index contributed by atoms with van der Waals surface area (Å²) in [4.78, 5) is 35.7. The van der Waals surface area contributed by atoms with Crippen molar-refractivity contribution >= 4 is 40.6 Å². The molecule has 0 aliphatic rings. The molecular formula is C23H21N3O4S. The van der Waals surface area contributed by atoms with Crippen LogP contribution in [0.3, 0.4) is 0 Å². The van der Waals surface area contributed by atoms with Gasteiger partial charge in [-0.05, 0) is 48.9 Å². The molecule has 0 fully saturated rings. The summed E-state index contributed by atoms with van der Waals surface area (Å²) in [5.41, 5.74) is 2.10. The van der Waals surface area contributed by atoms with Gasteiger partial charge in [0.15, 0.2) is 0 Å². The number of nitro groups is 1. The Balaban J connectivity index is 1.50. The summed E-state index contributed by atoms with van der Waals surface area (Å²) < 4.78 is 0. The second-order valence-electron chi connectivity index (χ2n) is 6.79. The Kier molecular flexibility index (Phi) is 7.40. The zero-order valence-corrected chi connectivity index (χ0v) is 17.6. The molecule has 2 amide bonds. The second kappa shape index (κ2) is 10.4. The van der Waals surface area contributed by atoms with E-state index < -0.39 is 4.92 Å². The Labute approximate surface area is 184 Å². The van der Waals surface area contributed by atoms with Crippen LogP contribution in [0, 0.1) is 10.1 Å². The summed E-state index contributed by atoms with van der Waals surface area (Å²) in [5, 5.41) is 15.9. The van der Waals surface area contributed by atoms with Crippen molar-refractivity contribution in [1.82, 2.24) is 0 Å². The van der Waals surface area contributed by atoms with E-state index in [4.69, 9.17) is 0 Å². The lowest BCUT2D eigenvalue weighted by molar-refractivity contribution is -0.384. The lowest BCUT2D eigenvalue weighted by Crippen LogP contribution is -2.22. The first-order valence-electron chi connectivity index (χ1n) is 9.56. The fourth-order valence-electron chi connectivity index (χ4n) is 2.77. The molecule has 158 valence electrons. The van der Waals surface area contributed by atoms with E-state index in [-0.39, 0.29) is 22.8 Å². The van der Waals surface area contributed by atoms with Crippen molar-refractivity contribution in [2.45, 2.75) is 23.5 Å². The molecule has 0 bridgehead atoms. The van der Waals surface area contributed by atoms with Crippen LogP contribution >= 0.6 is 11.8 Å². The van der Waals surface area contributed by atoms with Gasteiger partial charge in [-0.15, -0.1) is 11.8 Å². The lowest BCUT2D eigenvalue weighted by atomic mass is 10.1. The molecule has 0 radical (unpaired) electrons. The number of hydrogen-bond donors (Lipinski definition) is 2. The number of carbonyl (C=O) groups excluding carboxylic acids is 2. The summed E-state index contributed by atoms with van der Waals surface area (Å²) in [5.74, 6) is -0.304. The highest BCUT2D eigenvalue weighted by atomic mass is 32.2. The molecule has 3 rings (SSSR count). The van der Waals surface area contributed by atoms with Crippen LogP contribution in [-0.4, -0.2) is 22.0 Å². The summed E-state index contributed by atoms with van der Waals surface area (Å²) in [6.07, 6.45) is 0.303. The maximum Gasteiger partial charge on any atom is 0.269 e. The van der Waals surface area contributed by atoms with Gasteiger partial charge in [-0.2, -0.15) is 0 Å². The third kappa shape index (κ3) is 6.68. The first-order valence-corrected chi connectivity index (χ1v) is 10.4. The summed E-state index contributed by atoms with van der Waals surface area (Å²) >= 11 is 1.38. The molecule has 1 unspecified atom stereocenters. The monoisotopic (exact) mass is 435 g/mol. The average molecular weight is 436 g/mol. The number of anilines is 2.